The van der Waals surface area contributed by atoms with Crippen LogP contribution in [0.4, 0.5) is 0 Å². The summed E-state index contributed by atoms with van der Waals surface area (Å²) in [6, 6.07) is 3.56. The number of hydrogen-bond donors (Lipinski definition) is 0. The molecule has 0 unspecified atom stereocenters. The van der Waals surface area contributed by atoms with Crippen molar-refractivity contribution < 1.29 is 18.6 Å². The molecule has 1 aromatic carbocycles. The summed E-state index contributed by atoms with van der Waals surface area (Å²) >= 11 is 0. The van der Waals surface area contributed by atoms with Crippen molar-refractivity contribution in [2.75, 3.05) is 21.3 Å². The molecule has 1 aromatic heterocycles. The molecule has 0 spiro atoms. The number of benzene rings is 1. The summed E-state index contributed by atoms with van der Waals surface area (Å²) in [5.74, 6) is 2.61. The number of methoxy groups -OCH3 is 3. The third-order valence-corrected chi connectivity index (χ3v) is 2.98. The molecule has 1 heterocycles. The molecule has 2 rings (SSSR count). The van der Waals surface area contributed by atoms with Crippen LogP contribution in [-0.2, 0) is 5.41 Å². The van der Waals surface area contributed by atoms with Gasteiger partial charge >= 0.3 is 0 Å². The zero-order valence-corrected chi connectivity index (χ0v) is 13.2. The van der Waals surface area contributed by atoms with Crippen LogP contribution < -0.4 is 14.2 Å². The van der Waals surface area contributed by atoms with Crippen molar-refractivity contribution in [1.29, 1.82) is 0 Å². The summed E-state index contributed by atoms with van der Waals surface area (Å²) < 4.78 is 21.7. The van der Waals surface area contributed by atoms with Crippen molar-refractivity contribution in [3.8, 4) is 28.7 Å². The number of ether oxygens (including phenoxy) is 3. The van der Waals surface area contributed by atoms with Crippen LogP contribution in [0.2, 0.25) is 0 Å². The number of rotatable bonds is 4. The molecule has 0 saturated carbocycles. The lowest BCUT2D eigenvalue weighted by molar-refractivity contribution is 0.324. The van der Waals surface area contributed by atoms with Gasteiger partial charge in [-0.25, -0.2) is 0 Å². The molecule has 114 valence electrons. The van der Waals surface area contributed by atoms with Crippen LogP contribution in [0, 0.1) is 0 Å². The maximum Gasteiger partial charge on any atom is 0.248 e. The zero-order chi connectivity index (χ0) is 15.6. The van der Waals surface area contributed by atoms with Crippen LogP contribution in [-0.4, -0.2) is 31.5 Å². The Balaban J connectivity index is 2.51. The molecule has 0 bridgehead atoms. The largest absolute Gasteiger partial charge is 0.493 e. The van der Waals surface area contributed by atoms with Gasteiger partial charge in [0.25, 0.3) is 0 Å². The Bertz CT molecular complexity index is 604. The van der Waals surface area contributed by atoms with E-state index >= 15 is 0 Å². The summed E-state index contributed by atoms with van der Waals surface area (Å²) in [5, 5.41) is 8.18. The van der Waals surface area contributed by atoms with Crippen molar-refractivity contribution in [2.24, 2.45) is 0 Å². The average molecular weight is 292 g/mol. The van der Waals surface area contributed by atoms with Gasteiger partial charge in [0.2, 0.25) is 17.5 Å². The SMILES string of the molecule is COc1cc(-c2nnc(C(C)(C)C)o2)cc(OC)c1OC. The molecule has 0 aliphatic rings. The van der Waals surface area contributed by atoms with E-state index in [1.807, 2.05) is 20.8 Å². The van der Waals surface area contributed by atoms with Gasteiger partial charge in [-0.15, -0.1) is 10.2 Å². The van der Waals surface area contributed by atoms with E-state index in [0.29, 0.717) is 34.6 Å². The molecule has 6 nitrogen and oxygen atoms in total. The first-order valence-corrected chi connectivity index (χ1v) is 6.55. The minimum atomic E-state index is -0.202. The van der Waals surface area contributed by atoms with E-state index in [2.05, 4.69) is 10.2 Å². The molecular formula is C15H20N2O4. The van der Waals surface area contributed by atoms with E-state index < -0.39 is 0 Å². The van der Waals surface area contributed by atoms with Gasteiger partial charge in [0.1, 0.15) is 0 Å². The van der Waals surface area contributed by atoms with Gasteiger partial charge in [0.15, 0.2) is 11.5 Å². The second-order valence-electron chi connectivity index (χ2n) is 5.58. The Morgan fingerprint density at radius 1 is 0.905 bits per heavy atom. The molecule has 0 atom stereocenters. The van der Waals surface area contributed by atoms with Gasteiger partial charge in [-0.2, -0.15) is 0 Å². The first-order chi connectivity index (χ1) is 9.90. The maximum atomic E-state index is 5.73. The van der Waals surface area contributed by atoms with E-state index in [9.17, 15) is 0 Å². The lowest BCUT2D eigenvalue weighted by Gasteiger charge is -2.13. The lowest BCUT2D eigenvalue weighted by atomic mass is 9.97. The highest BCUT2D eigenvalue weighted by Crippen LogP contribution is 2.41. The van der Waals surface area contributed by atoms with E-state index in [-0.39, 0.29) is 5.41 Å². The van der Waals surface area contributed by atoms with Gasteiger partial charge in [-0.3, -0.25) is 0 Å². The number of hydrogen-bond acceptors (Lipinski definition) is 6. The highest BCUT2D eigenvalue weighted by Gasteiger charge is 2.23. The van der Waals surface area contributed by atoms with Crippen molar-refractivity contribution in [1.82, 2.24) is 10.2 Å². The molecule has 2 aromatic rings. The van der Waals surface area contributed by atoms with Crippen molar-refractivity contribution in [2.45, 2.75) is 26.2 Å². The summed E-state index contributed by atoms with van der Waals surface area (Å²) in [5.41, 5.74) is 0.513. The van der Waals surface area contributed by atoms with Gasteiger partial charge < -0.3 is 18.6 Å². The Hall–Kier alpha value is -2.24. The second-order valence-corrected chi connectivity index (χ2v) is 5.58. The van der Waals surface area contributed by atoms with Crippen LogP contribution in [0.5, 0.6) is 17.2 Å². The quantitative estimate of drug-likeness (QED) is 0.862. The summed E-state index contributed by atoms with van der Waals surface area (Å²) in [6.45, 7) is 6.04. The molecular weight excluding hydrogens is 272 g/mol. The predicted octanol–water partition coefficient (Wildman–Crippen LogP) is 3.06. The minimum Gasteiger partial charge on any atom is -0.493 e. The molecule has 0 saturated heterocycles. The van der Waals surface area contributed by atoms with E-state index in [1.54, 1.807) is 33.5 Å². The second kappa shape index (κ2) is 5.63. The molecule has 0 aliphatic carbocycles. The molecule has 0 radical (unpaired) electrons. The molecule has 0 amide bonds. The molecule has 0 aliphatic heterocycles. The highest BCUT2D eigenvalue weighted by molar-refractivity contribution is 5.65. The first kappa shape index (κ1) is 15.2. The van der Waals surface area contributed by atoms with Gasteiger partial charge in [-0.05, 0) is 12.1 Å². The third-order valence-electron chi connectivity index (χ3n) is 2.98. The monoisotopic (exact) mass is 292 g/mol. The molecule has 0 N–H and O–H groups in total. The summed E-state index contributed by atoms with van der Waals surface area (Å²) in [4.78, 5) is 0. The van der Waals surface area contributed by atoms with Gasteiger partial charge in [0, 0.05) is 11.0 Å². The topological polar surface area (TPSA) is 66.6 Å². The fourth-order valence-corrected chi connectivity index (χ4v) is 1.85. The summed E-state index contributed by atoms with van der Waals surface area (Å²) in [6.07, 6.45) is 0. The van der Waals surface area contributed by atoms with Gasteiger partial charge in [0.05, 0.1) is 21.3 Å². The highest BCUT2D eigenvalue weighted by atomic mass is 16.5. The Labute approximate surface area is 124 Å². The molecule has 21 heavy (non-hydrogen) atoms. The Morgan fingerprint density at radius 3 is 1.86 bits per heavy atom. The third kappa shape index (κ3) is 2.94. The normalized spacial score (nSPS) is 11.3. The number of aromatic nitrogens is 2. The number of nitrogens with zero attached hydrogens (tertiary/aromatic N) is 2. The van der Waals surface area contributed by atoms with Crippen molar-refractivity contribution >= 4 is 0 Å². The average Bonchev–Trinajstić information content (AvgIpc) is 2.95. The van der Waals surface area contributed by atoms with E-state index in [0.717, 1.165) is 0 Å². The van der Waals surface area contributed by atoms with Crippen LogP contribution in [0.15, 0.2) is 16.5 Å². The van der Waals surface area contributed by atoms with Crippen LogP contribution in [0.3, 0.4) is 0 Å². The van der Waals surface area contributed by atoms with E-state index in [1.165, 1.54) is 0 Å². The summed E-state index contributed by atoms with van der Waals surface area (Å²) in [7, 11) is 4.69. The van der Waals surface area contributed by atoms with Crippen LogP contribution in [0.1, 0.15) is 26.7 Å². The zero-order valence-electron chi connectivity index (χ0n) is 13.2. The van der Waals surface area contributed by atoms with Crippen LogP contribution >= 0.6 is 0 Å². The van der Waals surface area contributed by atoms with Crippen molar-refractivity contribution in [3.63, 3.8) is 0 Å². The fourth-order valence-electron chi connectivity index (χ4n) is 1.85. The first-order valence-electron chi connectivity index (χ1n) is 6.55. The Kier molecular flexibility index (Phi) is 4.06. The standard InChI is InChI=1S/C15H20N2O4/c1-15(2,3)14-17-16-13(21-14)9-7-10(18-4)12(20-6)11(8-9)19-5/h7-8H,1-6H3. The maximum absolute atomic E-state index is 5.73. The smallest absolute Gasteiger partial charge is 0.248 e. The predicted molar refractivity (Wildman–Crippen MR) is 78.1 cm³/mol. The van der Waals surface area contributed by atoms with Gasteiger partial charge in [-0.1, -0.05) is 20.8 Å². The van der Waals surface area contributed by atoms with E-state index in [4.69, 9.17) is 18.6 Å². The fraction of sp³-hybridized carbons (Fsp3) is 0.467. The Morgan fingerprint density at radius 2 is 1.48 bits per heavy atom. The molecule has 6 heteroatoms. The lowest BCUT2D eigenvalue weighted by Crippen LogP contribution is -2.11. The van der Waals surface area contributed by atoms with Crippen LogP contribution in [0.25, 0.3) is 11.5 Å². The van der Waals surface area contributed by atoms with Crippen molar-refractivity contribution in [3.05, 3.63) is 18.0 Å². The minimum absolute atomic E-state index is 0.202. The molecule has 0 fully saturated rings.